The van der Waals surface area contributed by atoms with E-state index >= 15 is 0 Å². The van der Waals surface area contributed by atoms with E-state index in [1.807, 2.05) is 43.5 Å². The predicted molar refractivity (Wildman–Crippen MR) is 101 cm³/mol. The van der Waals surface area contributed by atoms with Crippen LogP contribution in [0.3, 0.4) is 0 Å². The Morgan fingerprint density at radius 3 is 2.12 bits per heavy atom. The summed E-state index contributed by atoms with van der Waals surface area (Å²) in [5, 5.41) is 17.5. The Balaban J connectivity index is 1.89. The second-order valence-electron chi connectivity index (χ2n) is 5.93. The third kappa shape index (κ3) is 6.15. The zero-order valence-corrected chi connectivity index (χ0v) is 14.4. The van der Waals surface area contributed by atoms with Gasteiger partial charge in [-0.05, 0) is 48.2 Å². The molecule has 2 aromatic rings. The fraction of sp³-hybridized carbons (Fsp3) is 0.238. The molecule has 128 valence electrons. The number of rotatable bonds is 8. The number of carbonyl (C=O) groups is 1. The first kappa shape index (κ1) is 18.3. The highest BCUT2D eigenvalue weighted by Crippen LogP contribution is 2.16. The fourth-order valence-electron chi connectivity index (χ4n) is 2.46. The summed E-state index contributed by atoms with van der Waals surface area (Å²) in [5.41, 5.74) is 3.93. The van der Waals surface area contributed by atoms with E-state index in [-0.39, 0.29) is 6.42 Å². The number of nitriles is 1. The van der Waals surface area contributed by atoms with Gasteiger partial charge in [-0.1, -0.05) is 36.4 Å². The monoisotopic (exact) mass is 334 g/mol. The summed E-state index contributed by atoms with van der Waals surface area (Å²) in [6, 6.07) is 17.8. The number of hydrogen-bond acceptors (Lipinski definition) is 3. The number of carboxylic acid groups (broad SMARTS) is 1. The summed E-state index contributed by atoms with van der Waals surface area (Å²) < 4.78 is 0. The lowest BCUT2D eigenvalue weighted by molar-refractivity contribution is -0.137. The SMILES string of the molecule is CN(CCCCC(=O)O)c1ccc(/C=C/c2ccc(C#N)cc2)cc1. The van der Waals surface area contributed by atoms with Crippen molar-refractivity contribution in [3.05, 3.63) is 65.2 Å². The Labute approximate surface area is 148 Å². The Morgan fingerprint density at radius 2 is 1.60 bits per heavy atom. The van der Waals surface area contributed by atoms with Gasteiger partial charge < -0.3 is 10.0 Å². The largest absolute Gasteiger partial charge is 0.481 e. The Hall–Kier alpha value is -3.06. The number of hydrogen-bond donors (Lipinski definition) is 1. The van der Waals surface area contributed by atoms with E-state index in [0.717, 1.165) is 29.8 Å². The first-order valence-corrected chi connectivity index (χ1v) is 8.30. The smallest absolute Gasteiger partial charge is 0.303 e. The van der Waals surface area contributed by atoms with Crippen LogP contribution in [0.5, 0.6) is 0 Å². The molecule has 0 aliphatic heterocycles. The van der Waals surface area contributed by atoms with Crippen molar-refractivity contribution >= 4 is 23.8 Å². The molecular weight excluding hydrogens is 312 g/mol. The van der Waals surface area contributed by atoms with Crippen molar-refractivity contribution in [2.24, 2.45) is 0 Å². The molecule has 0 saturated heterocycles. The van der Waals surface area contributed by atoms with Gasteiger partial charge in [0.15, 0.2) is 0 Å². The van der Waals surface area contributed by atoms with Crippen molar-refractivity contribution in [1.29, 1.82) is 5.26 Å². The van der Waals surface area contributed by atoms with E-state index in [1.165, 1.54) is 0 Å². The maximum Gasteiger partial charge on any atom is 0.303 e. The number of benzene rings is 2. The second-order valence-corrected chi connectivity index (χ2v) is 5.93. The van der Waals surface area contributed by atoms with Crippen molar-refractivity contribution in [2.75, 3.05) is 18.5 Å². The van der Waals surface area contributed by atoms with Gasteiger partial charge in [0.1, 0.15) is 0 Å². The van der Waals surface area contributed by atoms with Crippen molar-refractivity contribution in [1.82, 2.24) is 0 Å². The molecule has 0 aliphatic rings. The van der Waals surface area contributed by atoms with Crippen molar-refractivity contribution < 1.29 is 9.90 Å². The van der Waals surface area contributed by atoms with Gasteiger partial charge in [-0.15, -0.1) is 0 Å². The number of nitrogens with zero attached hydrogens (tertiary/aromatic N) is 2. The fourth-order valence-corrected chi connectivity index (χ4v) is 2.46. The standard InChI is InChI=1S/C21H22N2O2/c1-23(15-3-2-4-21(24)25)20-13-11-18(12-14-20)6-5-17-7-9-19(16-22)10-8-17/h5-14H,2-4,15H2,1H3,(H,24,25)/b6-5+. The van der Waals surface area contributed by atoms with Gasteiger partial charge in [-0.2, -0.15) is 5.26 Å². The van der Waals surface area contributed by atoms with E-state index in [1.54, 1.807) is 0 Å². The molecule has 0 fully saturated rings. The first-order valence-electron chi connectivity index (χ1n) is 8.30. The molecule has 0 unspecified atom stereocenters. The Kier molecular flexibility index (Phi) is 6.79. The molecule has 25 heavy (non-hydrogen) atoms. The minimum atomic E-state index is -0.735. The lowest BCUT2D eigenvalue weighted by atomic mass is 10.1. The minimum absolute atomic E-state index is 0.229. The Bertz CT molecular complexity index is 756. The van der Waals surface area contributed by atoms with Crippen molar-refractivity contribution in [2.45, 2.75) is 19.3 Å². The zero-order valence-electron chi connectivity index (χ0n) is 14.4. The quantitative estimate of drug-likeness (QED) is 0.573. The topological polar surface area (TPSA) is 64.3 Å². The van der Waals surface area contributed by atoms with Crippen molar-refractivity contribution in [3.8, 4) is 6.07 Å². The molecule has 0 atom stereocenters. The molecule has 2 rings (SSSR count). The highest BCUT2D eigenvalue weighted by Gasteiger charge is 2.02. The molecule has 0 heterocycles. The summed E-state index contributed by atoms with van der Waals surface area (Å²) in [5.74, 6) is -0.735. The van der Waals surface area contributed by atoms with Crippen LogP contribution in [0.2, 0.25) is 0 Å². The maximum absolute atomic E-state index is 10.5. The van der Waals surface area contributed by atoms with Crippen LogP contribution < -0.4 is 4.90 Å². The molecule has 1 N–H and O–H groups in total. The molecule has 0 bridgehead atoms. The van der Waals surface area contributed by atoms with Crippen LogP contribution in [0.4, 0.5) is 5.69 Å². The molecule has 0 radical (unpaired) electrons. The van der Waals surface area contributed by atoms with Gasteiger partial charge in [0.2, 0.25) is 0 Å². The molecule has 0 aromatic heterocycles. The van der Waals surface area contributed by atoms with Gasteiger partial charge in [-0.3, -0.25) is 4.79 Å². The zero-order chi connectivity index (χ0) is 18.1. The van der Waals surface area contributed by atoms with E-state index < -0.39 is 5.97 Å². The van der Waals surface area contributed by atoms with Gasteiger partial charge in [0, 0.05) is 25.7 Å². The lowest BCUT2D eigenvalue weighted by Crippen LogP contribution is -2.18. The lowest BCUT2D eigenvalue weighted by Gasteiger charge is -2.19. The average molecular weight is 334 g/mol. The molecule has 2 aromatic carbocycles. The summed E-state index contributed by atoms with van der Waals surface area (Å²) in [6.45, 7) is 0.841. The van der Waals surface area contributed by atoms with Gasteiger partial charge in [0.05, 0.1) is 11.6 Å². The molecule has 4 nitrogen and oxygen atoms in total. The first-order chi connectivity index (χ1) is 12.1. The van der Waals surface area contributed by atoms with Gasteiger partial charge in [0.25, 0.3) is 0 Å². The van der Waals surface area contributed by atoms with Crippen LogP contribution in [0.15, 0.2) is 48.5 Å². The number of carboxylic acids is 1. The minimum Gasteiger partial charge on any atom is -0.481 e. The van der Waals surface area contributed by atoms with Crippen LogP contribution in [-0.2, 0) is 4.79 Å². The van der Waals surface area contributed by atoms with Crippen LogP contribution in [0.1, 0.15) is 36.0 Å². The van der Waals surface area contributed by atoms with Crippen LogP contribution in [0.25, 0.3) is 12.2 Å². The van der Waals surface area contributed by atoms with Crippen LogP contribution in [0, 0.1) is 11.3 Å². The number of unbranched alkanes of at least 4 members (excludes halogenated alkanes) is 1. The van der Waals surface area contributed by atoms with Gasteiger partial charge >= 0.3 is 5.97 Å². The van der Waals surface area contributed by atoms with Crippen LogP contribution in [-0.4, -0.2) is 24.7 Å². The summed E-state index contributed by atoms with van der Waals surface area (Å²) in [4.78, 5) is 12.6. The Morgan fingerprint density at radius 1 is 1.04 bits per heavy atom. The molecule has 0 amide bonds. The average Bonchev–Trinajstić information content (AvgIpc) is 2.64. The molecule has 0 spiro atoms. The highest BCUT2D eigenvalue weighted by molar-refractivity contribution is 5.70. The summed E-state index contributed by atoms with van der Waals surface area (Å²) in [7, 11) is 2.02. The number of anilines is 1. The van der Waals surface area contributed by atoms with Crippen LogP contribution >= 0.6 is 0 Å². The number of aliphatic carboxylic acids is 1. The summed E-state index contributed by atoms with van der Waals surface area (Å²) >= 11 is 0. The molecule has 0 aliphatic carbocycles. The van der Waals surface area contributed by atoms with E-state index in [2.05, 4.69) is 35.2 Å². The third-order valence-electron chi connectivity index (χ3n) is 3.98. The van der Waals surface area contributed by atoms with E-state index in [4.69, 9.17) is 10.4 Å². The predicted octanol–water partition coefficient (Wildman–Crippen LogP) is 4.42. The van der Waals surface area contributed by atoms with E-state index in [9.17, 15) is 4.79 Å². The molecule has 4 heteroatoms. The van der Waals surface area contributed by atoms with E-state index in [0.29, 0.717) is 12.0 Å². The maximum atomic E-state index is 10.5. The van der Waals surface area contributed by atoms with Crippen molar-refractivity contribution in [3.63, 3.8) is 0 Å². The normalized spacial score (nSPS) is 10.6. The van der Waals surface area contributed by atoms with Gasteiger partial charge in [-0.25, -0.2) is 0 Å². The summed E-state index contributed by atoms with van der Waals surface area (Å²) in [6.07, 6.45) is 5.85. The third-order valence-corrected chi connectivity index (χ3v) is 3.98. The molecule has 0 saturated carbocycles. The highest BCUT2D eigenvalue weighted by atomic mass is 16.4. The second kappa shape index (κ2) is 9.29. The molecular formula is C21H22N2O2.